The molecule has 1 aromatic heterocycles. The zero-order chi connectivity index (χ0) is 14.0. The molecule has 0 saturated heterocycles. The molecule has 0 N–H and O–H groups in total. The van der Waals surface area contributed by atoms with E-state index >= 15 is 0 Å². The quantitative estimate of drug-likeness (QED) is 0.864. The number of halogens is 1. The van der Waals surface area contributed by atoms with Crippen molar-refractivity contribution in [3.63, 3.8) is 0 Å². The molecule has 0 saturated carbocycles. The van der Waals surface area contributed by atoms with Crippen molar-refractivity contribution < 1.29 is 4.74 Å². The van der Waals surface area contributed by atoms with E-state index < -0.39 is 0 Å². The van der Waals surface area contributed by atoms with Crippen LogP contribution in [0.5, 0.6) is 11.8 Å². The summed E-state index contributed by atoms with van der Waals surface area (Å²) in [5.74, 6) is 1.17. The van der Waals surface area contributed by atoms with Crippen molar-refractivity contribution in [3.8, 4) is 11.8 Å². The lowest BCUT2D eigenvalue weighted by Crippen LogP contribution is -2.13. The topological polar surface area (TPSA) is 51.1 Å². The van der Waals surface area contributed by atoms with E-state index in [1.165, 1.54) is 0 Å². The molecule has 5 nitrogen and oxygen atoms in total. The molecule has 0 aliphatic rings. The zero-order valence-corrected chi connectivity index (χ0v) is 12.1. The first-order chi connectivity index (χ1) is 8.95. The molecule has 0 bridgehead atoms. The van der Waals surface area contributed by atoms with Crippen LogP contribution >= 0.6 is 11.6 Å². The number of benzene rings is 1. The lowest BCUT2D eigenvalue weighted by atomic mass is 10.1. The van der Waals surface area contributed by atoms with Gasteiger partial charge < -0.3 is 9.64 Å². The molecule has 0 aliphatic carbocycles. The summed E-state index contributed by atoms with van der Waals surface area (Å²) in [4.78, 5) is 13.9. The molecule has 0 aliphatic heterocycles. The Bertz CT molecular complexity index is 601. The van der Waals surface area contributed by atoms with Crippen LogP contribution in [0.1, 0.15) is 11.1 Å². The van der Waals surface area contributed by atoms with Gasteiger partial charge in [0.15, 0.2) is 0 Å². The minimum atomic E-state index is 0.110. The first-order valence-electron chi connectivity index (χ1n) is 5.79. The lowest BCUT2D eigenvalue weighted by molar-refractivity contribution is 0.436. The van der Waals surface area contributed by atoms with E-state index in [4.69, 9.17) is 16.3 Å². The molecule has 0 fully saturated rings. The minimum Gasteiger partial charge on any atom is -0.424 e. The number of aryl methyl sites for hydroxylation is 2. The predicted molar refractivity (Wildman–Crippen MR) is 75.2 cm³/mol. The fourth-order valence-electron chi connectivity index (χ4n) is 1.48. The SMILES string of the molecule is Cc1ccc(C)c(Oc2nc(Cl)nc(N(C)C)n2)c1. The van der Waals surface area contributed by atoms with E-state index in [2.05, 4.69) is 15.0 Å². The molecule has 0 atom stereocenters. The summed E-state index contributed by atoms with van der Waals surface area (Å²) in [5.41, 5.74) is 2.11. The highest BCUT2D eigenvalue weighted by Crippen LogP contribution is 2.25. The molecular weight excluding hydrogens is 264 g/mol. The number of rotatable bonds is 3. The second-order valence-electron chi connectivity index (χ2n) is 4.45. The lowest BCUT2D eigenvalue weighted by Gasteiger charge is -2.12. The van der Waals surface area contributed by atoms with Crippen molar-refractivity contribution >= 4 is 17.5 Å². The summed E-state index contributed by atoms with van der Waals surface area (Å²) >= 11 is 5.86. The summed E-state index contributed by atoms with van der Waals surface area (Å²) < 4.78 is 5.69. The Hall–Kier alpha value is -1.88. The Morgan fingerprint density at radius 3 is 2.53 bits per heavy atom. The van der Waals surface area contributed by atoms with Crippen molar-refractivity contribution in [1.29, 1.82) is 0 Å². The van der Waals surface area contributed by atoms with Gasteiger partial charge in [0.05, 0.1) is 0 Å². The zero-order valence-electron chi connectivity index (χ0n) is 11.3. The third-order valence-electron chi connectivity index (χ3n) is 2.52. The van der Waals surface area contributed by atoms with Crippen LogP contribution in [0.2, 0.25) is 5.28 Å². The Balaban J connectivity index is 2.35. The van der Waals surface area contributed by atoms with Gasteiger partial charge in [-0.05, 0) is 42.6 Å². The largest absolute Gasteiger partial charge is 0.424 e. The van der Waals surface area contributed by atoms with Crippen LogP contribution < -0.4 is 9.64 Å². The molecule has 2 rings (SSSR count). The normalized spacial score (nSPS) is 10.4. The predicted octanol–water partition coefficient (Wildman–Crippen LogP) is 3.00. The van der Waals surface area contributed by atoms with Gasteiger partial charge in [-0.15, -0.1) is 0 Å². The van der Waals surface area contributed by atoms with Gasteiger partial charge in [0.1, 0.15) is 5.75 Å². The molecule has 100 valence electrons. The van der Waals surface area contributed by atoms with E-state index in [0.29, 0.717) is 11.7 Å². The maximum absolute atomic E-state index is 5.86. The van der Waals surface area contributed by atoms with Crippen molar-refractivity contribution in [2.75, 3.05) is 19.0 Å². The molecule has 6 heteroatoms. The average Bonchev–Trinajstić information content (AvgIpc) is 2.33. The Kier molecular flexibility index (Phi) is 3.85. The van der Waals surface area contributed by atoms with Gasteiger partial charge in [0, 0.05) is 14.1 Å². The number of aromatic nitrogens is 3. The number of hydrogen-bond donors (Lipinski definition) is 0. The van der Waals surface area contributed by atoms with Gasteiger partial charge in [-0.3, -0.25) is 0 Å². The molecule has 1 heterocycles. The molecule has 2 aromatic rings. The highest BCUT2D eigenvalue weighted by Gasteiger charge is 2.10. The molecular formula is C13H15ClN4O. The summed E-state index contributed by atoms with van der Waals surface area (Å²) in [6.07, 6.45) is 0. The van der Waals surface area contributed by atoms with Crippen LogP contribution in [0.3, 0.4) is 0 Å². The highest BCUT2D eigenvalue weighted by atomic mass is 35.5. The van der Waals surface area contributed by atoms with E-state index in [1.807, 2.05) is 46.1 Å². The molecule has 1 aromatic carbocycles. The van der Waals surface area contributed by atoms with E-state index in [9.17, 15) is 0 Å². The summed E-state index contributed by atoms with van der Waals surface area (Å²) in [6.45, 7) is 3.96. The Labute approximate surface area is 117 Å². The van der Waals surface area contributed by atoms with Gasteiger partial charge in [-0.25, -0.2) is 0 Å². The second kappa shape index (κ2) is 5.40. The van der Waals surface area contributed by atoms with Gasteiger partial charge in [-0.1, -0.05) is 12.1 Å². The van der Waals surface area contributed by atoms with Crippen molar-refractivity contribution in [3.05, 3.63) is 34.6 Å². The number of hydrogen-bond acceptors (Lipinski definition) is 5. The van der Waals surface area contributed by atoms with Crippen LogP contribution in [0.25, 0.3) is 0 Å². The fourth-order valence-corrected chi connectivity index (χ4v) is 1.63. The Morgan fingerprint density at radius 1 is 1.11 bits per heavy atom. The first kappa shape index (κ1) is 13.5. The van der Waals surface area contributed by atoms with Gasteiger partial charge >= 0.3 is 6.01 Å². The van der Waals surface area contributed by atoms with E-state index in [0.717, 1.165) is 11.1 Å². The van der Waals surface area contributed by atoms with E-state index in [1.54, 1.807) is 4.90 Å². The van der Waals surface area contributed by atoms with Gasteiger partial charge in [-0.2, -0.15) is 15.0 Å². The third-order valence-corrected chi connectivity index (χ3v) is 2.69. The fraction of sp³-hybridized carbons (Fsp3) is 0.308. The number of nitrogens with zero attached hydrogens (tertiary/aromatic N) is 4. The van der Waals surface area contributed by atoms with E-state index in [-0.39, 0.29) is 11.3 Å². The van der Waals surface area contributed by atoms with Crippen molar-refractivity contribution in [2.45, 2.75) is 13.8 Å². The molecule has 0 unspecified atom stereocenters. The van der Waals surface area contributed by atoms with Crippen LogP contribution in [-0.2, 0) is 0 Å². The summed E-state index contributed by atoms with van der Waals surface area (Å²) in [7, 11) is 3.65. The van der Waals surface area contributed by atoms with Crippen LogP contribution in [0, 0.1) is 13.8 Å². The van der Waals surface area contributed by atoms with Crippen molar-refractivity contribution in [1.82, 2.24) is 15.0 Å². The average molecular weight is 279 g/mol. The standard InChI is InChI=1S/C13H15ClN4O/c1-8-5-6-9(2)10(7-8)19-13-16-11(14)15-12(17-13)18(3)4/h5-7H,1-4H3. The smallest absolute Gasteiger partial charge is 0.328 e. The molecule has 0 radical (unpaired) electrons. The second-order valence-corrected chi connectivity index (χ2v) is 4.79. The Morgan fingerprint density at radius 2 is 1.84 bits per heavy atom. The first-order valence-corrected chi connectivity index (χ1v) is 6.17. The number of ether oxygens (including phenoxy) is 1. The van der Waals surface area contributed by atoms with Crippen molar-refractivity contribution in [2.24, 2.45) is 0 Å². The highest BCUT2D eigenvalue weighted by molar-refractivity contribution is 6.28. The monoisotopic (exact) mass is 278 g/mol. The van der Waals surface area contributed by atoms with Crippen LogP contribution in [0.15, 0.2) is 18.2 Å². The minimum absolute atomic E-state index is 0.110. The maximum Gasteiger partial charge on any atom is 0.328 e. The molecule has 0 spiro atoms. The molecule has 19 heavy (non-hydrogen) atoms. The third kappa shape index (κ3) is 3.32. The maximum atomic E-state index is 5.86. The number of anilines is 1. The molecule has 0 amide bonds. The van der Waals surface area contributed by atoms with Gasteiger partial charge in [0.25, 0.3) is 0 Å². The summed E-state index contributed by atoms with van der Waals surface area (Å²) in [6, 6.07) is 6.13. The summed E-state index contributed by atoms with van der Waals surface area (Å²) in [5, 5.41) is 0.110. The van der Waals surface area contributed by atoms with Crippen LogP contribution in [-0.4, -0.2) is 29.0 Å². The van der Waals surface area contributed by atoms with Crippen LogP contribution in [0.4, 0.5) is 5.95 Å². The van der Waals surface area contributed by atoms with Gasteiger partial charge in [0.2, 0.25) is 11.2 Å².